The first-order chi connectivity index (χ1) is 12.5. The highest BCUT2D eigenvalue weighted by atomic mass is 35.5. The van der Waals surface area contributed by atoms with Gasteiger partial charge >= 0.3 is 6.03 Å². The first kappa shape index (κ1) is 18.7. The number of fused-ring (bicyclic) bond motifs is 1. The number of nitrogens with zero attached hydrogens (tertiary/aromatic N) is 2. The molecule has 0 spiro atoms. The van der Waals surface area contributed by atoms with Gasteiger partial charge in [-0.3, -0.25) is 9.88 Å². The van der Waals surface area contributed by atoms with Gasteiger partial charge in [-0.15, -0.1) is 11.3 Å². The fourth-order valence-electron chi connectivity index (χ4n) is 2.86. The van der Waals surface area contributed by atoms with Crippen LogP contribution in [-0.2, 0) is 6.42 Å². The van der Waals surface area contributed by atoms with E-state index < -0.39 is 0 Å². The number of carbonyl (C=O) groups excluding carboxylic acids is 1. The molecule has 0 aliphatic carbocycles. The number of nitrogens with one attached hydrogen (secondary N) is 2. The van der Waals surface area contributed by atoms with Crippen LogP contribution in [0.4, 0.5) is 10.6 Å². The Bertz CT molecular complexity index is 916. The Kier molecular flexibility index (Phi) is 5.84. The maximum atomic E-state index is 11.8. The molecule has 26 heavy (non-hydrogen) atoms. The zero-order chi connectivity index (χ0) is 18.7. The molecule has 0 saturated heterocycles. The number of amides is 2. The van der Waals surface area contributed by atoms with Crippen molar-refractivity contribution in [1.82, 2.24) is 14.9 Å². The van der Waals surface area contributed by atoms with Crippen LogP contribution in [0.25, 0.3) is 16.0 Å². The zero-order valence-corrected chi connectivity index (χ0v) is 16.7. The van der Waals surface area contributed by atoms with E-state index in [0.29, 0.717) is 23.3 Å². The molecule has 3 aromatic rings. The Labute approximate surface area is 162 Å². The lowest BCUT2D eigenvalue weighted by molar-refractivity contribution is 0.252. The topological polar surface area (TPSA) is 59.0 Å². The minimum absolute atomic E-state index is 0.232. The van der Waals surface area contributed by atoms with Crippen molar-refractivity contribution in [3.05, 3.63) is 40.4 Å². The van der Waals surface area contributed by atoms with E-state index in [1.54, 1.807) is 0 Å². The summed E-state index contributed by atoms with van der Waals surface area (Å²) >= 11 is 7.71. The third-order valence-corrected chi connectivity index (χ3v) is 5.03. The van der Waals surface area contributed by atoms with Crippen molar-refractivity contribution in [3.63, 3.8) is 0 Å². The van der Waals surface area contributed by atoms with E-state index in [1.165, 1.54) is 22.3 Å². The Morgan fingerprint density at radius 1 is 1.38 bits per heavy atom. The van der Waals surface area contributed by atoms with E-state index in [9.17, 15) is 4.79 Å². The van der Waals surface area contributed by atoms with E-state index in [2.05, 4.69) is 46.3 Å². The predicted molar refractivity (Wildman–Crippen MR) is 110 cm³/mol. The number of thiazole rings is 1. The van der Waals surface area contributed by atoms with E-state index in [-0.39, 0.29) is 6.03 Å². The van der Waals surface area contributed by atoms with Crippen molar-refractivity contribution >= 4 is 45.7 Å². The molecule has 0 saturated carbocycles. The summed E-state index contributed by atoms with van der Waals surface area (Å²) in [5.41, 5.74) is 2.31. The Morgan fingerprint density at radius 3 is 2.92 bits per heavy atom. The molecule has 7 heteroatoms. The summed E-state index contributed by atoms with van der Waals surface area (Å²) in [7, 11) is 0. The van der Waals surface area contributed by atoms with Crippen molar-refractivity contribution in [1.29, 1.82) is 0 Å². The lowest BCUT2D eigenvalue weighted by atomic mass is 10.0. The average molecular weight is 391 g/mol. The molecule has 1 aromatic carbocycles. The molecule has 0 fully saturated rings. The van der Waals surface area contributed by atoms with E-state index in [1.807, 2.05) is 24.4 Å². The third-order valence-electron chi connectivity index (χ3n) is 3.95. The lowest BCUT2D eigenvalue weighted by Crippen LogP contribution is -2.29. The zero-order valence-electron chi connectivity index (χ0n) is 15.2. The summed E-state index contributed by atoms with van der Waals surface area (Å²) < 4.78 is 2.05. The van der Waals surface area contributed by atoms with Gasteiger partial charge in [-0.2, -0.15) is 0 Å². The highest BCUT2D eigenvalue weighted by Crippen LogP contribution is 2.30. The first-order valence-corrected chi connectivity index (χ1v) is 10.0. The molecule has 5 nitrogen and oxygen atoms in total. The SMILES string of the molecule is CCCNC(=O)Nc1csc(-n2cc(CC(C)C)c3ccc(Cl)cc32)n1. The number of hydrogen-bond acceptors (Lipinski definition) is 3. The number of halogens is 1. The summed E-state index contributed by atoms with van der Waals surface area (Å²) in [6.45, 7) is 7.07. The van der Waals surface area contributed by atoms with Gasteiger partial charge in [0.2, 0.25) is 0 Å². The standard InChI is InChI=1S/C19H23ClN4OS/c1-4-7-21-18(25)22-17-11-26-19(23-17)24-10-13(8-12(2)3)15-6-5-14(20)9-16(15)24/h5-6,9-12H,4,7-8H2,1-3H3,(H2,21,22,25). The smallest absolute Gasteiger partial charge is 0.320 e. The fourth-order valence-corrected chi connectivity index (χ4v) is 3.77. The van der Waals surface area contributed by atoms with Gasteiger partial charge in [0.05, 0.1) is 5.52 Å². The molecule has 0 aliphatic heterocycles. The number of aromatic nitrogens is 2. The van der Waals surface area contributed by atoms with Crippen molar-refractivity contribution in [2.24, 2.45) is 5.92 Å². The van der Waals surface area contributed by atoms with E-state index >= 15 is 0 Å². The molecule has 2 aromatic heterocycles. The maximum Gasteiger partial charge on any atom is 0.320 e. The van der Waals surface area contributed by atoms with E-state index in [0.717, 1.165) is 23.5 Å². The molecule has 138 valence electrons. The van der Waals surface area contributed by atoms with Gasteiger partial charge in [0.25, 0.3) is 0 Å². The number of benzene rings is 1. The highest BCUT2D eigenvalue weighted by Gasteiger charge is 2.14. The minimum atomic E-state index is -0.232. The maximum absolute atomic E-state index is 11.8. The molecular weight excluding hydrogens is 368 g/mol. The van der Waals surface area contributed by atoms with Gasteiger partial charge in [-0.05, 0) is 36.5 Å². The van der Waals surface area contributed by atoms with Gasteiger partial charge in [-0.25, -0.2) is 9.78 Å². The van der Waals surface area contributed by atoms with Gasteiger partial charge in [0, 0.05) is 28.5 Å². The van der Waals surface area contributed by atoms with Crippen LogP contribution < -0.4 is 10.6 Å². The molecule has 0 unspecified atom stereocenters. The normalized spacial score (nSPS) is 11.3. The molecule has 2 N–H and O–H groups in total. The van der Waals surface area contributed by atoms with Gasteiger partial charge in [0.15, 0.2) is 5.13 Å². The first-order valence-electron chi connectivity index (χ1n) is 8.78. The van der Waals surface area contributed by atoms with Crippen LogP contribution in [0.5, 0.6) is 0 Å². The lowest BCUT2D eigenvalue weighted by Gasteiger charge is -2.03. The summed E-state index contributed by atoms with van der Waals surface area (Å²) in [6.07, 6.45) is 4.01. The van der Waals surface area contributed by atoms with Gasteiger partial charge in [0.1, 0.15) is 5.82 Å². The van der Waals surface area contributed by atoms with Gasteiger partial charge in [-0.1, -0.05) is 38.4 Å². The fraction of sp³-hybridized carbons (Fsp3) is 0.368. The van der Waals surface area contributed by atoms with E-state index in [4.69, 9.17) is 11.6 Å². The van der Waals surface area contributed by atoms with Gasteiger partial charge < -0.3 is 5.32 Å². The second-order valence-electron chi connectivity index (χ2n) is 6.68. The second-order valence-corrected chi connectivity index (χ2v) is 7.95. The van der Waals surface area contributed by atoms with Crippen molar-refractivity contribution in [3.8, 4) is 5.13 Å². The molecule has 3 rings (SSSR count). The Morgan fingerprint density at radius 2 is 2.19 bits per heavy atom. The molecule has 0 radical (unpaired) electrons. The Hall–Kier alpha value is -2.05. The highest BCUT2D eigenvalue weighted by molar-refractivity contribution is 7.12. The largest absolute Gasteiger partial charge is 0.338 e. The Balaban J connectivity index is 1.93. The number of rotatable bonds is 6. The monoisotopic (exact) mass is 390 g/mol. The summed E-state index contributed by atoms with van der Waals surface area (Å²) in [4.78, 5) is 16.4. The average Bonchev–Trinajstić information content (AvgIpc) is 3.17. The number of carbonyl (C=O) groups is 1. The number of urea groups is 1. The molecule has 0 aliphatic rings. The molecule has 2 amide bonds. The van der Waals surface area contributed by atoms with Crippen LogP contribution in [0.1, 0.15) is 32.8 Å². The van der Waals surface area contributed by atoms with Crippen LogP contribution in [0.2, 0.25) is 5.02 Å². The molecule has 0 bridgehead atoms. The molecular formula is C19H23ClN4OS. The van der Waals surface area contributed by atoms with Crippen LogP contribution in [0.15, 0.2) is 29.8 Å². The summed E-state index contributed by atoms with van der Waals surface area (Å²) in [5.74, 6) is 1.11. The van der Waals surface area contributed by atoms with Crippen molar-refractivity contribution < 1.29 is 4.79 Å². The number of hydrogen-bond donors (Lipinski definition) is 2. The third kappa shape index (κ3) is 4.19. The van der Waals surface area contributed by atoms with Crippen LogP contribution >= 0.6 is 22.9 Å². The predicted octanol–water partition coefficient (Wildman–Crippen LogP) is 5.47. The van der Waals surface area contributed by atoms with Crippen molar-refractivity contribution in [2.75, 3.05) is 11.9 Å². The molecule has 2 heterocycles. The number of anilines is 1. The van der Waals surface area contributed by atoms with Crippen molar-refractivity contribution in [2.45, 2.75) is 33.6 Å². The van der Waals surface area contributed by atoms with Crippen LogP contribution in [-0.4, -0.2) is 22.1 Å². The minimum Gasteiger partial charge on any atom is -0.338 e. The summed E-state index contributed by atoms with van der Waals surface area (Å²) in [5, 5.41) is 10.1. The second kappa shape index (κ2) is 8.10. The summed E-state index contributed by atoms with van der Waals surface area (Å²) in [6, 6.07) is 5.72. The molecule has 0 atom stereocenters. The van der Waals surface area contributed by atoms with Crippen LogP contribution in [0.3, 0.4) is 0 Å². The van der Waals surface area contributed by atoms with Crippen LogP contribution in [0, 0.1) is 5.92 Å². The quantitative estimate of drug-likeness (QED) is 0.586.